The van der Waals surface area contributed by atoms with Crippen molar-refractivity contribution in [1.82, 2.24) is 0 Å². The molecule has 0 saturated heterocycles. The maximum Gasteiger partial charge on any atom is 0.152 e. The molecule has 0 fully saturated rings. The van der Waals surface area contributed by atoms with Crippen LogP contribution < -0.4 is 0 Å². The van der Waals surface area contributed by atoms with Gasteiger partial charge in [-0.3, -0.25) is 4.79 Å². The van der Waals surface area contributed by atoms with Crippen molar-refractivity contribution in [2.24, 2.45) is 0 Å². The molecule has 0 atom stereocenters. The third-order valence-corrected chi connectivity index (χ3v) is 3.63. The molecule has 4 heteroatoms. The number of halogens is 1. The van der Waals surface area contributed by atoms with Crippen LogP contribution in [0.3, 0.4) is 0 Å². The van der Waals surface area contributed by atoms with Crippen molar-refractivity contribution in [3.63, 3.8) is 0 Å². The topological polar surface area (TPSA) is 43.4 Å². The van der Waals surface area contributed by atoms with Crippen molar-refractivity contribution in [2.75, 3.05) is 0 Å². The molecule has 0 aliphatic carbocycles. The first kappa shape index (κ1) is 13.9. The van der Waals surface area contributed by atoms with Crippen LogP contribution in [0.5, 0.6) is 0 Å². The van der Waals surface area contributed by atoms with Crippen molar-refractivity contribution in [3.05, 3.63) is 52.4 Å². The molecule has 2 heterocycles. The fourth-order valence-corrected chi connectivity index (χ4v) is 2.58. The van der Waals surface area contributed by atoms with E-state index in [1.165, 1.54) is 13.0 Å². The van der Waals surface area contributed by atoms with E-state index < -0.39 is 0 Å². The van der Waals surface area contributed by atoms with Crippen LogP contribution in [-0.2, 0) is 4.79 Å². The van der Waals surface area contributed by atoms with Crippen molar-refractivity contribution < 1.29 is 13.6 Å². The van der Waals surface area contributed by atoms with Gasteiger partial charge in [-0.25, -0.2) is 0 Å². The number of ketones is 1. The van der Waals surface area contributed by atoms with Gasteiger partial charge in [-0.2, -0.15) is 0 Å². The van der Waals surface area contributed by atoms with Gasteiger partial charge in [0.05, 0.1) is 5.56 Å². The number of fused-ring (bicyclic) bond motifs is 1. The molecule has 0 bridgehead atoms. The van der Waals surface area contributed by atoms with Gasteiger partial charge in [-0.1, -0.05) is 15.9 Å². The Kier molecular flexibility index (Phi) is 3.55. The number of hydrogen-bond donors (Lipinski definition) is 0. The molecule has 0 N–H and O–H groups in total. The molecule has 21 heavy (non-hydrogen) atoms. The number of allylic oxidation sites excluding steroid dienone is 1. The Morgan fingerprint density at radius 2 is 2.00 bits per heavy atom. The predicted octanol–water partition coefficient (Wildman–Crippen LogP) is 5.37. The SMILES string of the molecule is CC(=O)/C=C/c1oc2ccc(Br)cc2c1-c1ccc(C)o1. The zero-order chi connectivity index (χ0) is 15.0. The van der Waals surface area contributed by atoms with Gasteiger partial charge in [0.15, 0.2) is 5.78 Å². The van der Waals surface area contributed by atoms with E-state index in [2.05, 4.69) is 15.9 Å². The van der Waals surface area contributed by atoms with E-state index in [1.807, 2.05) is 37.3 Å². The van der Waals surface area contributed by atoms with Crippen LogP contribution in [0.4, 0.5) is 0 Å². The number of carbonyl (C=O) groups excluding carboxylic acids is 1. The molecule has 0 radical (unpaired) electrons. The molecule has 0 aliphatic rings. The predicted molar refractivity (Wildman–Crippen MR) is 86.1 cm³/mol. The molecule has 3 nitrogen and oxygen atoms in total. The molecular formula is C17H13BrO3. The summed E-state index contributed by atoms with van der Waals surface area (Å²) < 4.78 is 12.5. The van der Waals surface area contributed by atoms with Crippen molar-refractivity contribution in [3.8, 4) is 11.3 Å². The van der Waals surface area contributed by atoms with E-state index >= 15 is 0 Å². The highest BCUT2D eigenvalue weighted by molar-refractivity contribution is 9.10. The van der Waals surface area contributed by atoms with Crippen molar-refractivity contribution in [1.29, 1.82) is 0 Å². The fraction of sp³-hybridized carbons (Fsp3) is 0.118. The maximum atomic E-state index is 11.2. The highest BCUT2D eigenvalue weighted by atomic mass is 79.9. The van der Waals surface area contributed by atoms with Crippen LogP contribution in [0.25, 0.3) is 28.4 Å². The summed E-state index contributed by atoms with van der Waals surface area (Å²) >= 11 is 3.47. The standard InChI is InChI=1S/C17H13BrO3/c1-10(19)3-6-16-17(15-7-4-11(2)20-15)13-9-12(18)5-8-14(13)21-16/h3-9H,1-2H3/b6-3+. The first-order valence-corrected chi connectivity index (χ1v) is 7.31. The van der Waals surface area contributed by atoms with Gasteiger partial charge in [0, 0.05) is 9.86 Å². The third kappa shape index (κ3) is 2.72. The average Bonchev–Trinajstić information content (AvgIpc) is 2.99. The Labute approximate surface area is 130 Å². The Balaban J connectivity index is 2.28. The summed E-state index contributed by atoms with van der Waals surface area (Å²) in [5.41, 5.74) is 1.61. The normalized spacial score (nSPS) is 11.6. The fourth-order valence-electron chi connectivity index (χ4n) is 2.22. The molecule has 1 aromatic carbocycles. The zero-order valence-electron chi connectivity index (χ0n) is 11.6. The van der Waals surface area contributed by atoms with E-state index in [9.17, 15) is 4.79 Å². The summed E-state index contributed by atoms with van der Waals surface area (Å²) in [6, 6.07) is 9.61. The zero-order valence-corrected chi connectivity index (χ0v) is 13.2. The van der Waals surface area contributed by atoms with Gasteiger partial charge < -0.3 is 8.83 Å². The quantitative estimate of drug-likeness (QED) is 0.600. The Bertz CT molecular complexity index is 852. The lowest BCUT2D eigenvalue weighted by Crippen LogP contribution is -1.81. The molecule has 3 aromatic rings. The monoisotopic (exact) mass is 344 g/mol. The summed E-state index contributed by atoms with van der Waals surface area (Å²) in [5.74, 6) is 2.15. The molecule has 3 rings (SSSR count). The number of hydrogen-bond acceptors (Lipinski definition) is 3. The highest BCUT2D eigenvalue weighted by Gasteiger charge is 2.17. The summed E-state index contributed by atoms with van der Waals surface area (Å²) in [7, 11) is 0. The van der Waals surface area contributed by atoms with Crippen molar-refractivity contribution in [2.45, 2.75) is 13.8 Å². The van der Waals surface area contributed by atoms with E-state index in [-0.39, 0.29) is 5.78 Å². The molecular weight excluding hydrogens is 332 g/mol. The molecule has 0 unspecified atom stereocenters. The Morgan fingerprint density at radius 3 is 2.67 bits per heavy atom. The molecule has 0 saturated carbocycles. The lowest BCUT2D eigenvalue weighted by Gasteiger charge is -1.96. The highest BCUT2D eigenvalue weighted by Crippen LogP contribution is 2.37. The largest absolute Gasteiger partial charge is 0.461 e. The first-order chi connectivity index (χ1) is 10.0. The van der Waals surface area contributed by atoms with Gasteiger partial charge in [-0.05, 0) is 56.3 Å². The Hall–Kier alpha value is -2.07. The van der Waals surface area contributed by atoms with E-state index in [0.717, 1.165) is 32.5 Å². The molecule has 0 amide bonds. The number of aryl methyl sites for hydroxylation is 1. The summed E-state index contributed by atoms with van der Waals surface area (Å²) in [4.78, 5) is 11.2. The van der Waals surface area contributed by atoms with Gasteiger partial charge in [0.2, 0.25) is 0 Å². The third-order valence-electron chi connectivity index (χ3n) is 3.13. The minimum absolute atomic E-state index is 0.0294. The van der Waals surface area contributed by atoms with Crippen molar-refractivity contribution >= 4 is 38.8 Å². The average molecular weight is 345 g/mol. The molecule has 0 spiro atoms. The molecule has 0 aliphatic heterocycles. The second kappa shape index (κ2) is 5.37. The van der Waals surface area contributed by atoms with Gasteiger partial charge >= 0.3 is 0 Å². The van der Waals surface area contributed by atoms with Crippen LogP contribution in [0, 0.1) is 6.92 Å². The molecule has 106 valence electrons. The lowest BCUT2D eigenvalue weighted by molar-refractivity contribution is -0.112. The smallest absolute Gasteiger partial charge is 0.152 e. The van der Waals surface area contributed by atoms with Gasteiger partial charge in [0.1, 0.15) is 22.9 Å². The van der Waals surface area contributed by atoms with Crippen LogP contribution in [0.15, 0.2) is 49.7 Å². The number of carbonyl (C=O) groups is 1. The number of rotatable bonds is 3. The van der Waals surface area contributed by atoms with E-state index in [0.29, 0.717) is 5.76 Å². The van der Waals surface area contributed by atoms with E-state index in [1.54, 1.807) is 6.08 Å². The Morgan fingerprint density at radius 1 is 1.19 bits per heavy atom. The van der Waals surface area contributed by atoms with Crippen LogP contribution >= 0.6 is 15.9 Å². The van der Waals surface area contributed by atoms with Crippen LogP contribution in [0.2, 0.25) is 0 Å². The maximum absolute atomic E-state index is 11.2. The number of benzene rings is 1. The van der Waals surface area contributed by atoms with Crippen LogP contribution in [-0.4, -0.2) is 5.78 Å². The van der Waals surface area contributed by atoms with Gasteiger partial charge in [0.25, 0.3) is 0 Å². The summed E-state index contributed by atoms with van der Waals surface area (Å²) in [5, 5.41) is 0.946. The summed E-state index contributed by atoms with van der Waals surface area (Å²) in [6.45, 7) is 3.40. The second-order valence-electron chi connectivity index (χ2n) is 4.84. The minimum atomic E-state index is -0.0294. The second-order valence-corrected chi connectivity index (χ2v) is 5.75. The minimum Gasteiger partial charge on any atom is -0.461 e. The molecule has 2 aromatic heterocycles. The van der Waals surface area contributed by atoms with Crippen LogP contribution in [0.1, 0.15) is 18.4 Å². The lowest BCUT2D eigenvalue weighted by atomic mass is 10.1. The first-order valence-electron chi connectivity index (χ1n) is 6.52. The van der Waals surface area contributed by atoms with E-state index in [4.69, 9.17) is 8.83 Å². The summed E-state index contributed by atoms with van der Waals surface area (Å²) in [6.07, 6.45) is 3.18. The number of furan rings is 2. The van der Waals surface area contributed by atoms with Gasteiger partial charge in [-0.15, -0.1) is 0 Å².